The van der Waals surface area contributed by atoms with Crippen molar-refractivity contribution in [1.29, 1.82) is 0 Å². The molecule has 1 unspecified atom stereocenters. The molecule has 5 nitrogen and oxygen atoms in total. The number of anilines is 1. The summed E-state index contributed by atoms with van der Waals surface area (Å²) in [5.41, 5.74) is 2.03. The van der Waals surface area contributed by atoms with Crippen LogP contribution in [0.5, 0.6) is 0 Å². The minimum Gasteiger partial charge on any atom is -0.478 e. The van der Waals surface area contributed by atoms with Crippen molar-refractivity contribution in [3.8, 4) is 0 Å². The second-order valence-electron chi connectivity index (χ2n) is 4.94. The Morgan fingerprint density at radius 1 is 1.38 bits per heavy atom. The topological polar surface area (TPSA) is 75.1 Å². The Kier molecular flexibility index (Phi) is 4.57. The number of thiazole rings is 1. The minimum atomic E-state index is -0.937. The molecule has 2 aromatic heterocycles. The van der Waals surface area contributed by atoms with Gasteiger partial charge in [-0.1, -0.05) is 6.92 Å². The van der Waals surface area contributed by atoms with Gasteiger partial charge in [-0.15, -0.1) is 11.3 Å². The van der Waals surface area contributed by atoms with Gasteiger partial charge in [0.25, 0.3) is 0 Å². The maximum atomic E-state index is 11.2. The van der Waals surface area contributed by atoms with Crippen molar-refractivity contribution >= 4 is 23.1 Å². The summed E-state index contributed by atoms with van der Waals surface area (Å²) in [6.07, 6.45) is 0.697. The van der Waals surface area contributed by atoms with Crippen LogP contribution in [0.3, 0.4) is 0 Å². The molecule has 1 atom stereocenters. The van der Waals surface area contributed by atoms with E-state index >= 15 is 0 Å². The molecule has 0 amide bonds. The van der Waals surface area contributed by atoms with E-state index in [1.807, 2.05) is 27.7 Å². The van der Waals surface area contributed by atoms with E-state index in [1.54, 1.807) is 23.5 Å². The molecule has 0 radical (unpaired) electrons. The monoisotopic (exact) mass is 305 g/mol. The number of hydrogen-bond acceptors (Lipinski definition) is 5. The number of aromatic nitrogens is 2. The molecular weight excluding hydrogens is 286 g/mol. The van der Waals surface area contributed by atoms with Gasteiger partial charge < -0.3 is 10.4 Å². The number of nitrogens with one attached hydrogen (secondary N) is 1. The first-order chi connectivity index (χ1) is 9.90. The third-order valence-electron chi connectivity index (χ3n) is 3.18. The fourth-order valence-corrected chi connectivity index (χ4v) is 3.13. The van der Waals surface area contributed by atoms with Gasteiger partial charge in [-0.25, -0.2) is 14.8 Å². The molecule has 0 aliphatic carbocycles. The number of hydrogen-bond donors (Lipinski definition) is 2. The average molecular weight is 305 g/mol. The van der Waals surface area contributed by atoms with Gasteiger partial charge in [-0.2, -0.15) is 0 Å². The minimum absolute atomic E-state index is 0.0393. The molecule has 2 aromatic rings. The van der Waals surface area contributed by atoms with Crippen LogP contribution in [0.1, 0.15) is 51.5 Å². The molecule has 0 fully saturated rings. The van der Waals surface area contributed by atoms with Crippen molar-refractivity contribution < 1.29 is 9.90 Å². The summed E-state index contributed by atoms with van der Waals surface area (Å²) in [6.45, 7) is 7.94. The highest BCUT2D eigenvalue weighted by Gasteiger charge is 2.15. The van der Waals surface area contributed by atoms with Gasteiger partial charge in [0.1, 0.15) is 5.82 Å². The molecule has 2 N–H and O–H groups in total. The summed E-state index contributed by atoms with van der Waals surface area (Å²) in [7, 11) is 0. The number of carboxylic acid groups (broad SMARTS) is 1. The summed E-state index contributed by atoms with van der Waals surface area (Å²) >= 11 is 1.64. The first-order valence-electron chi connectivity index (χ1n) is 6.85. The highest BCUT2D eigenvalue weighted by atomic mass is 32.1. The van der Waals surface area contributed by atoms with Gasteiger partial charge in [0, 0.05) is 10.6 Å². The van der Waals surface area contributed by atoms with Gasteiger partial charge in [0.05, 0.1) is 22.3 Å². The molecule has 21 heavy (non-hydrogen) atoms. The molecule has 0 aliphatic rings. The summed E-state index contributed by atoms with van der Waals surface area (Å²) in [4.78, 5) is 21.2. The lowest BCUT2D eigenvalue weighted by Gasteiger charge is -2.15. The van der Waals surface area contributed by atoms with Crippen LogP contribution < -0.4 is 5.32 Å². The van der Waals surface area contributed by atoms with Crippen LogP contribution in [0.15, 0.2) is 12.1 Å². The third kappa shape index (κ3) is 3.58. The van der Waals surface area contributed by atoms with Crippen LogP contribution in [0, 0.1) is 13.8 Å². The van der Waals surface area contributed by atoms with Crippen molar-refractivity contribution in [2.24, 2.45) is 0 Å². The van der Waals surface area contributed by atoms with Crippen molar-refractivity contribution in [1.82, 2.24) is 9.97 Å². The fourth-order valence-electron chi connectivity index (χ4n) is 2.20. The van der Waals surface area contributed by atoms with Crippen LogP contribution >= 0.6 is 11.3 Å². The zero-order valence-electron chi connectivity index (χ0n) is 12.6. The molecule has 0 bridgehead atoms. The van der Waals surface area contributed by atoms with Crippen LogP contribution in [0.4, 0.5) is 5.82 Å². The standard InChI is InChI=1S/C15H19N3O2S/c1-5-12-6-11(15(19)20)7-13(18-12)17-9(3)14-8(2)16-10(4)21-14/h6-7,9H,5H2,1-4H3,(H,17,18)(H,19,20). The van der Waals surface area contributed by atoms with Gasteiger partial charge in [0.2, 0.25) is 0 Å². The Morgan fingerprint density at radius 3 is 2.62 bits per heavy atom. The maximum absolute atomic E-state index is 11.2. The quantitative estimate of drug-likeness (QED) is 0.883. The molecule has 0 saturated carbocycles. The average Bonchev–Trinajstić information content (AvgIpc) is 2.77. The predicted molar refractivity (Wildman–Crippen MR) is 84.2 cm³/mol. The summed E-state index contributed by atoms with van der Waals surface area (Å²) in [5, 5.41) is 13.5. The Hall–Kier alpha value is -1.95. The Balaban J connectivity index is 2.28. The van der Waals surface area contributed by atoms with Crippen molar-refractivity contribution in [2.45, 2.75) is 40.2 Å². The van der Waals surface area contributed by atoms with Gasteiger partial charge in [-0.05, 0) is 39.3 Å². The van der Waals surface area contributed by atoms with Gasteiger partial charge in [0.15, 0.2) is 0 Å². The highest BCUT2D eigenvalue weighted by Crippen LogP contribution is 2.27. The molecule has 0 aromatic carbocycles. The molecule has 0 aliphatic heterocycles. The molecule has 2 heterocycles. The zero-order valence-corrected chi connectivity index (χ0v) is 13.4. The normalized spacial score (nSPS) is 12.2. The molecule has 112 valence electrons. The van der Waals surface area contributed by atoms with E-state index in [1.165, 1.54) is 0 Å². The number of aryl methyl sites for hydroxylation is 3. The maximum Gasteiger partial charge on any atom is 0.335 e. The lowest BCUT2D eigenvalue weighted by atomic mass is 10.2. The van der Waals surface area contributed by atoms with E-state index in [0.717, 1.165) is 21.3 Å². The lowest BCUT2D eigenvalue weighted by molar-refractivity contribution is 0.0696. The van der Waals surface area contributed by atoms with E-state index < -0.39 is 5.97 Å². The Morgan fingerprint density at radius 2 is 2.10 bits per heavy atom. The molecular formula is C15H19N3O2S. The molecule has 0 spiro atoms. The number of aromatic carboxylic acids is 1. The van der Waals surface area contributed by atoms with Crippen molar-refractivity contribution in [2.75, 3.05) is 5.32 Å². The van der Waals surface area contributed by atoms with Crippen LogP contribution in [0.25, 0.3) is 0 Å². The zero-order chi connectivity index (χ0) is 15.6. The van der Waals surface area contributed by atoms with Crippen LogP contribution in [-0.4, -0.2) is 21.0 Å². The second-order valence-corrected chi connectivity index (χ2v) is 6.17. The van der Waals surface area contributed by atoms with Crippen LogP contribution in [0.2, 0.25) is 0 Å². The van der Waals surface area contributed by atoms with E-state index in [0.29, 0.717) is 12.2 Å². The Labute approximate surface area is 128 Å². The molecule has 2 rings (SSSR count). The smallest absolute Gasteiger partial charge is 0.335 e. The first kappa shape index (κ1) is 15.4. The van der Waals surface area contributed by atoms with E-state index in [9.17, 15) is 4.79 Å². The summed E-state index contributed by atoms with van der Waals surface area (Å²) in [6, 6.07) is 3.22. The number of nitrogens with zero attached hydrogens (tertiary/aromatic N) is 2. The SMILES string of the molecule is CCc1cc(C(=O)O)cc(NC(C)c2sc(C)nc2C)n1. The molecule has 0 saturated heterocycles. The fraction of sp³-hybridized carbons (Fsp3) is 0.400. The Bertz CT molecular complexity index is 667. The first-order valence-corrected chi connectivity index (χ1v) is 7.67. The van der Waals surface area contributed by atoms with E-state index in [4.69, 9.17) is 5.11 Å². The highest BCUT2D eigenvalue weighted by molar-refractivity contribution is 7.11. The van der Waals surface area contributed by atoms with Gasteiger partial charge >= 0.3 is 5.97 Å². The summed E-state index contributed by atoms with van der Waals surface area (Å²) < 4.78 is 0. The van der Waals surface area contributed by atoms with Crippen molar-refractivity contribution in [3.63, 3.8) is 0 Å². The largest absolute Gasteiger partial charge is 0.478 e. The van der Waals surface area contributed by atoms with E-state index in [-0.39, 0.29) is 11.6 Å². The van der Waals surface area contributed by atoms with Gasteiger partial charge in [-0.3, -0.25) is 0 Å². The van der Waals surface area contributed by atoms with Crippen molar-refractivity contribution in [3.05, 3.63) is 39.0 Å². The third-order valence-corrected chi connectivity index (χ3v) is 4.44. The predicted octanol–water partition coefficient (Wildman–Crippen LogP) is 3.59. The van der Waals surface area contributed by atoms with Crippen LogP contribution in [-0.2, 0) is 6.42 Å². The number of rotatable bonds is 5. The molecule has 6 heteroatoms. The number of carboxylic acids is 1. The second kappa shape index (κ2) is 6.22. The van der Waals surface area contributed by atoms with E-state index in [2.05, 4.69) is 15.3 Å². The number of carbonyl (C=O) groups is 1. The number of pyridine rings is 1. The lowest BCUT2D eigenvalue weighted by Crippen LogP contribution is -2.10. The summed E-state index contributed by atoms with van der Waals surface area (Å²) in [5.74, 6) is -0.350.